The standard InChI is InChI=1S/C8H6F6O2/c9-3-4(10)6(12)2-1-5(3,11)7(13,14)8(6,15)16/h15-16H,1-2H2/t5-,6+/m1/s1. The van der Waals surface area contributed by atoms with Crippen molar-refractivity contribution in [2.45, 2.75) is 35.9 Å². The van der Waals surface area contributed by atoms with E-state index in [1.165, 1.54) is 0 Å². The highest BCUT2D eigenvalue weighted by atomic mass is 19.3. The van der Waals surface area contributed by atoms with Gasteiger partial charge in [-0.3, -0.25) is 0 Å². The number of hydrogen-bond donors (Lipinski definition) is 2. The number of aliphatic hydroxyl groups is 2. The lowest BCUT2D eigenvalue weighted by Crippen LogP contribution is -2.76. The number of fused-ring (bicyclic) bond motifs is 2. The number of allylic oxidation sites excluding steroid dienone is 1. The molecule has 16 heavy (non-hydrogen) atoms. The molecule has 0 saturated heterocycles. The molecular weight excluding hydrogens is 242 g/mol. The van der Waals surface area contributed by atoms with Crippen molar-refractivity contribution in [2.75, 3.05) is 0 Å². The van der Waals surface area contributed by atoms with Crippen LogP contribution in [-0.2, 0) is 0 Å². The summed E-state index contributed by atoms with van der Waals surface area (Å²) in [4.78, 5) is 0. The molecule has 3 aliphatic rings. The summed E-state index contributed by atoms with van der Waals surface area (Å²) < 4.78 is 79.4. The van der Waals surface area contributed by atoms with Gasteiger partial charge in [-0.15, -0.1) is 0 Å². The summed E-state index contributed by atoms with van der Waals surface area (Å²) in [5.41, 5.74) is -8.23. The molecule has 92 valence electrons. The van der Waals surface area contributed by atoms with Crippen LogP contribution in [0.5, 0.6) is 0 Å². The Kier molecular flexibility index (Phi) is 1.87. The van der Waals surface area contributed by atoms with Gasteiger partial charge in [-0.05, 0) is 12.8 Å². The summed E-state index contributed by atoms with van der Waals surface area (Å²) in [6.45, 7) is 0. The van der Waals surface area contributed by atoms with Crippen molar-refractivity contribution in [3.05, 3.63) is 11.7 Å². The highest BCUT2D eigenvalue weighted by Crippen LogP contribution is 2.64. The van der Waals surface area contributed by atoms with Crippen LogP contribution in [0.15, 0.2) is 11.7 Å². The summed E-state index contributed by atoms with van der Waals surface area (Å²) in [5, 5.41) is 17.7. The Balaban J connectivity index is 2.79. The molecule has 1 saturated carbocycles. The van der Waals surface area contributed by atoms with Crippen molar-refractivity contribution < 1.29 is 36.6 Å². The summed E-state index contributed by atoms with van der Waals surface area (Å²) >= 11 is 0. The van der Waals surface area contributed by atoms with E-state index in [1.807, 2.05) is 0 Å². The maximum atomic E-state index is 13.6. The third kappa shape index (κ3) is 0.818. The van der Waals surface area contributed by atoms with Gasteiger partial charge in [-0.2, -0.15) is 8.78 Å². The van der Waals surface area contributed by atoms with Crippen molar-refractivity contribution in [3.8, 4) is 0 Å². The van der Waals surface area contributed by atoms with Crippen molar-refractivity contribution in [1.82, 2.24) is 0 Å². The van der Waals surface area contributed by atoms with E-state index in [0.29, 0.717) is 0 Å². The first-order valence-electron chi connectivity index (χ1n) is 4.29. The lowest BCUT2D eigenvalue weighted by Gasteiger charge is -2.53. The predicted octanol–water partition coefficient (Wildman–Crippen LogP) is 1.68. The van der Waals surface area contributed by atoms with Crippen LogP contribution in [0.25, 0.3) is 0 Å². The van der Waals surface area contributed by atoms with Crippen molar-refractivity contribution in [2.24, 2.45) is 0 Å². The molecule has 2 N–H and O–H groups in total. The smallest absolute Gasteiger partial charge is 0.343 e. The Labute approximate surface area is 85.2 Å². The molecule has 2 bridgehead atoms. The second-order valence-electron chi connectivity index (χ2n) is 3.98. The Morgan fingerprint density at radius 2 is 1.19 bits per heavy atom. The molecule has 2 atom stereocenters. The maximum Gasteiger partial charge on any atom is 0.343 e. The summed E-state index contributed by atoms with van der Waals surface area (Å²) in [7, 11) is 0. The third-order valence-electron chi connectivity index (χ3n) is 3.19. The fourth-order valence-corrected chi connectivity index (χ4v) is 2.06. The number of alkyl halides is 4. The van der Waals surface area contributed by atoms with Crippen LogP contribution in [-0.4, -0.2) is 33.3 Å². The minimum absolute atomic E-state index is 1.27. The van der Waals surface area contributed by atoms with Gasteiger partial charge in [0, 0.05) is 0 Å². The van der Waals surface area contributed by atoms with Crippen LogP contribution in [0.4, 0.5) is 26.3 Å². The van der Waals surface area contributed by atoms with Crippen molar-refractivity contribution >= 4 is 0 Å². The molecule has 0 spiro atoms. The molecule has 3 aliphatic carbocycles. The Hall–Kier alpha value is -0.760. The molecule has 3 rings (SSSR count). The Morgan fingerprint density at radius 1 is 0.812 bits per heavy atom. The minimum atomic E-state index is -5.16. The first-order chi connectivity index (χ1) is 7.02. The normalized spacial score (nSPS) is 45.0. The van der Waals surface area contributed by atoms with Gasteiger partial charge in [0.25, 0.3) is 5.79 Å². The zero-order valence-electron chi connectivity index (χ0n) is 7.58. The van der Waals surface area contributed by atoms with E-state index >= 15 is 0 Å². The molecule has 1 fully saturated rings. The van der Waals surface area contributed by atoms with E-state index in [0.717, 1.165) is 0 Å². The second kappa shape index (κ2) is 2.56. The molecule has 0 radical (unpaired) electrons. The molecular formula is C8H6F6O2. The van der Waals surface area contributed by atoms with Crippen LogP contribution in [0.1, 0.15) is 12.8 Å². The quantitative estimate of drug-likeness (QED) is 0.505. The molecule has 0 aliphatic heterocycles. The van der Waals surface area contributed by atoms with E-state index in [9.17, 15) is 26.3 Å². The van der Waals surface area contributed by atoms with Gasteiger partial charge in [-0.25, -0.2) is 17.6 Å². The predicted molar refractivity (Wildman–Crippen MR) is 38.3 cm³/mol. The average molecular weight is 248 g/mol. The SMILES string of the molecule is OC1(O)C(F)(F)[C@@]2(F)CC[C@]1(F)C(F)=C2F. The van der Waals surface area contributed by atoms with Crippen LogP contribution in [0.3, 0.4) is 0 Å². The molecule has 8 heteroatoms. The fourth-order valence-electron chi connectivity index (χ4n) is 2.06. The van der Waals surface area contributed by atoms with Crippen molar-refractivity contribution in [1.29, 1.82) is 0 Å². The fraction of sp³-hybridized carbons (Fsp3) is 0.750. The lowest BCUT2D eigenvalue weighted by atomic mass is 9.64. The van der Waals surface area contributed by atoms with Gasteiger partial charge >= 0.3 is 5.92 Å². The Morgan fingerprint density at radius 3 is 1.69 bits per heavy atom. The summed E-state index contributed by atoms with van der Waals surface area (Å²) in [6.07, 6.45) is -2.63. The van der Waals surface area contributed by atoms with Crippen molar-refractivity contribution in [3.63, 3.8) is 0 Å². The van der Waals surface area contributed by atoms with E-state index in [1.54, 1.807) is 0 Å². The van der Waals surface area contributed by atoms with Crippen LogP contribution < -0.4 is 0 Å². The van der Waals surface area contributed by atoms with Crippen LogP contribution in [0.2, 0.25) is 0 Å². The number of hydrogen-bond acceptors (Lipinski definition) is 2. The minimum Gasteiger partial charge on any atom is -0.358 e. The monoisotopic (exact) mass is 248 g/mol. The molecule has 0 heterocycles. The molecule has 0 unspecified atom stereocenters. The van der Waals surface area contributed by atoms with Crippen LogP contribution >= 0.6 is 0 Å². The second-order valence-corrected chi connectivity index (χ2v) is 3.98. The largest absolute Gasteiger partial charge is 0.358 e. The molecule has 0 aromatic carbocycles. The van der Waals surface area contributed by atoms with Crippen LogP contribution in [0, 0.1) is 0 Å². The first-order valence-corrected chi connectivity index (χ1v) is 4.29. The summed E-state index contributed by atoms with van der Waals surface area (Å²) in [6, 6.07) is 0. The van der Waals surface area contributed by atoms with Gasteiger partial charge < -0.3 is 10.2 Å². The van der Waals surface area contributed by atoms with Gasteiger partial charge in [0.05, 0.1) is 0 Å². The van der Waals surface area contributed by atoms with Gasteiger partial charge in [0.1, 0.15) is 0 Å². The highest BCUT2D eigenvalue weighted by Gasteiger charge is 2.85. The third-order valence-corrected chi connectivity index (χ3v) is 3.19. The zero-order valence-corrected chi connectivity index (χ0v) is 7.58. The van der Waals surface area contributed by atoms with E-state index in [-0.39, 0.29) is 0 Å². The molecule has 0 amide bonds. The number of halogens is 6. The molecule has 2 nitrogen and oxygen atoms in total. The van der Waals surface area contributed by atoms with Gasteiger partial charge in [-0.1, -0.05) is 0 Å². The Bertz CT molecular complexity index is 356. The van der Waals surface area contributed by atoms with E-state index in [4.69, 9.17) is 10.2 Å². The average Bonchev–Trinajstić information content (AvgIpc) is 2.18. The lowest BCUT2D eigenvalue weighted by molar-refractivity contribution is -0.401. The number of rotatable bonds is 0. The van der Waals surface area contributed by atoms with Gasteiger partial charge in [0.2, 0.25) is 11.3 Å². The topological polar surface area (TPSA) is 40.5 Å². The maximum absolute atomic E-state index is 13.6. The summed E-state index contributed by atoms with van der Waals surface area (Å²) in [5.74, 6) is -14.9. The first kappa shape index (κ1) is 11.7. The van der Waals surface area contributed by atoms with Gasteiger partial charge in [0.15, 0.2) is 11.7 Å². The highest BCUT2D eigenvalue weighted by molar-refractivity contribution is 5.40. The molecule has 0 aromatic rings. The zero-order chi connectivity index (χ0) is 12.6. The molecule has 0 aromatic heterocycles. The van der Waals surface area contributed by atoms with E-state index < -0.39 is 47.5 Å². The van der Waals surface area contributed by atoms with E-state index in [2.05, 4.69) is 0 Å².